The number of nitrogens with one attached hydrogen (secondary N) is 1. The van der Waals surface area contributed by atoms with E-state index >= 15 is 0 Å². The number of carboxylic acid groups (broad SMARTS) is 1. The number of aromatic nitrogens is 3. The molecule has 2 heterocycles. The second kappa shape index (κ2) is 8.01. The Kier molecular flexibility index (Phi) is 5.31. The van der Waals surface area contributed by atoms with Crippen LogP contribution in [-0.4, -0.2) is 32.6 Å². The van der Waals surface area contributed by atoms with Gasteiger partial charge in [0.2, 0.25) is 0 Å². The van der Waals surface area contributed by atoms with E-state index in [1.165, 1.54) is 0 Å². The first-order valence-corrected chi connectivity index (χ1v) is 7.99. The lowest BCUT2D eigenvalue weighted by Crippen LogP contribution is -2.01. The van der Waals surface area contributed by atoms with Crippen LogP contribution in [0.3, 0.4) is 0 Å². The van der Waals surface area contributed by atoms with Crippen molar-refractivity contribution in [3.63, 3.8) is 0 Å². The van der Waals surface area contributed by atoms with Crippen molar-refractivity contribution in [3.05, 3.63) is 66.3 Å². The fourth-order valence-electron chi connectivity index (χ4n) is 2.36. The Balaban J connectivity index is 1.63. The SMILES string of the molecule is O=C(O)CCc1ncc2cc(/C=C/CNc3ccccn3)ccc2n1. The Labute approximate surface area is 145 Å². The maximum absolute atomic E-state index is 10.6. The minimum Gasteiger partial charge on any atom is -0.481 e. The van der Waals surface area contributed by atoms with E-state index in [1.54, 1.807) is 12.4 Å². The van der Waals surface area contributed by atoms with Crippen LogP contribution >= 0.6 is 0 Å². The zero-order valence-corrected chi connectivity index (χ0v) is 13.6. The summed E-state index contributed by atoms with van der Waals surface area (Å²) in [6.45, 7) is 0.680. The summed E-state index contributed by atoms with van der Waals surface area (Å²) in [4.78, 5) is 23.5. The van der Waals surface area contributed by atoms with Gasteiger partial charge in [0.25, 0.3) is 0 Å². The van der Waals surface area contributed by atoms with E-state index in [0.29, 0.717) is 18.8 Å². The van der Waals surface area contributed by atoms with Crippen molar-refractivity contribution in [2.75, 3.05) is 11.9 Å². The van der Waals surface area contributed by atoms with Crippen molar-refractivity contribution < 1.29 is 9.90 Å². The number of aliphatic carboxylic acids is 1. The van der Waals surface area contributed by atoms with Gasteiger partial charge in [0.15, 0.2) is 0 Å². The van der Waals surface area contributed by atoms with Crippen LogP contribution in [0.5, 0.6) is 0 Å². The van der Waals surface area contributed by atoms with Crippen LogP contribution in [0.2, 0.25) is 0 Å². The van der Waals surface area contributed by atoms with Crippen LogP contribution in [0.4, 0.5) is 5.82 Å². The average Bonchev–Trinajstić information content (AvgIpc) is 2.64. The van der Waals surface area contributed by atoms with Crippen LogP contribution < -0.4 is 5.32 Å². The monoisotopic (exact) mass is 334 g/mol. The fourth-order valence-corrected chi connectivity index (χ4v) is 2.36. The number of anilines is 1. The van der Waals surface area contributed by atoms with Gasteiger partial charge in [0.1, 0.15) is 11.6 Å². The summed E-state index contributed by atoms with van der Waals surface area (Å²) in [6.07, 6.45) is 7.91. The van der Waals surface area contributed by atoms with Gasteiger partial charge in [-0.15, -0.1) is 0 Å². The number of hydrogen-bond donors (Lipinski definition) is 2. The summed E-state index contributed by atoms with van der Waals surface area (Å²) in [5.41, 5.74) is 1.87. The van der Waals surface area contributed by atoms with Gasteiger partial charge in [-0.25, -0.2) is 15.0 Å². The van der Waals surface area contributed by atoms with E-state index in [1.807, 2.05) is 48.6 Å². The fraction of sp³-hybridized carbons (Fsp3) is 0.158. The Morgan fingerprint density at radius 1 is 1.20 bits per heavy atom. The number of nitrogens with zero attached hydrogens (tertiary/aromatic N) is 3. The van der Waals surface area contributed by atoms with Gasteiger partial charge in [-0.1, -0.05) is 24.3 Å². The smallest absolute Gasteiger partial charge is 0.303 e. The van der Waals surface area contributed by atoms with E-state index in [2.05, 4.69) is 20.3 Å². The second-order valence-corrected chi connectivity index (χ2v) is 5.50. The number of hydrogen-bond acceptors (Lipinski definition) is 5. The van der Waals surface area contributed by atoms with Gasteiger partial charge < -0.3 is 10.4 Å². The summed E-state index contributed by atoms with van der Waals surface area (Å²) in [5, 5.41) is 12.9. The summed E-state index contributed by atoms with van der Waals surface area (Å²) in [7, 11) is 0. The zero-order chi connectivity index (χ0) is 17.5. The van der Waals surface area contributed by atoms with E-state index in [-0.39, 0.29) is 6.42 Å². The lowest BCUT2D eigenvalue weighted by molar-refractivity contribution is -0.137. The van der Waals surface area contributed by atoms with Gasteiger partial charge >= 0.3 is 5.97 Å². The van der Waals surface area contributed by atoms with Crippen LogP contribution in [-0.2, 0) is 11.2 Å². The summed E-state index contributed by atoms with van der Waals surface area (Å²) in [5.74, 6) is 0.550. The summed E-state index contributed by atoms with van der Waals surface area (Å²) in [6, 6.07) is 11.6. The van der Waals surface area contributed by atoms with Crippen LogP contribution in [0.1, 0.15) is 17.8 Å². The molecule has 0 amide bonds. The number of aryl methyl sites for hydroxylation is 1. The Hall–Kier alpha value is -3.28. The predicted molar refractivity (Wildman–Crippen MR) is 97.3 cm³/mol. The summed E-state index contributed by atoms with van der Waals surface area (Å²) < 4.78 is 0. The molecule has 0 saturated carbocycles. The lowest BCUT2D eigenvalue weighted by Gasteiger charge is -2.03. The Morgan fingerprint density at radius 2 is 2.12 bits per heavy atom. The number of benzene rings is 1. The standard InChI is InChI=1S/C19H18N4O2/c24-19(25)9-8-18-22-13-15-12-14(6-7-16(15)23-18)4-3-11-21-17-5-1-2-10-20-17/h1-7,10,12-13H,8-9,11H2,(H,20,21)(H,24,25)/b4-3+. The van der Waals surface area contributed by atoms with Crippen molar-refractivity contribution in [3.8, 4) is 0 Å². The molecule has 0 aliphatic carbocycles. The molecule has 1 aromatic carbocycles. The Bertz CT molecular complexity index is 894. The molecule has 6 heteroatoms. The third kappa shape index (κ3) is 4.84. The minimum atomic E-state index is -0.844. The number of fused-ring (bicyclic) bond motifs is 1. The molecule has 2 aromatic heterocycles. The van der Waals surface area contributed by atoms with Crippen LogP contribution in [0, 0.1) is 0 Å². The van der Waals surface area contributed by atoms with Crippen LogP contribution in [0.25, 0.3) is 17.0 Å². The summed E-state index contributed by atoms with van der Waals surface area (Å²) >= 11 is 0. The molecule has 0 spiro atoms. The molecular weight excluding hydrogens is 316 g/mol. The van der Waals surface area contributed by atoms with E-state index in [4.69, 9.17) is 5.11 Å². The molecule has 126 valence electrons. The molecule has 0 bridgehead atoms. The molecule has 25 heavy (non-hydrogen) atoms. The molecule has 2 N–H and O–H groups in total. The maximum Gasteiger partial charge on any atom is 0.303 e. The van der Waals surface area contributed by atoms with Gasteiger partial charge in [0.05, 0.1) is 11.9 Å². The average molecular weight is 334 g/mol. The molecule has 0 aliphatic rings. The molecule has 0 aliphatic heterocycles. The number of carbonyl (C=O) groups is 1. The quantitative estimate of drug-likeness (QED) is 0.690. The lowest BCUT2D eigenvalue weighted by atomic mass is 10.1. The highest BCUT2D eigenvalue weighted by molar-refractivity contribution is 5.80. The third-order valence-corrected chi connectivity index (χ3v) is 3.59. The molecule has 0 saturated heterocycles. The Morgan fingerprint density at radius 3 is 2.92 bits per heavy atom. The first kappa shape index (κ1) is 16.6. The highest BCUT2D eigenvalue weighted by atomic mass is 16.4. The predicted octanol–water partition coefficient (Wildman–Crippen LogP) is 3.17. The topological polar surface area (TPSA) is 88.0 Å². The molecule has 0 radical (unpaired) electrons. The third-order valence-electron chi connectivity index (χ3n) is 3.59. The van der Waals surface area contributed by atoms with Crippen molar-refractivity contribution in [1.29, 1.82) is 0 Å². The first-order chi connectivity index (χ1) is 12.2. The highest BCUT2D eigenvalue weighted by Gasteiger charge is 2.03. The first-order valence-electron chi connectivity index (χ1n) is 7.99. The molecule has 3 rings (SSSR count). The van der Waals surface area contributed by atoms with E-state index in [9.17, 15) is 4.79 Å². The normalized spacial score (nSPS) is 11.0. The molecule has 0 unspecified atom stereocenters. The van der Waals surface area contributed by atoms with Gasteiger partial charge in [0, 0.05) is 30.7 Å². The largest absolute Gasteiger partial charge is 0.481 e. The van der Waals surface area contributed by atoms with Crippen molar-refractivity contribution >= 4 is 28.8 Å². The maximum atomic E-state index is 10.6. The number of pyridine rings is 1. The molecule has 0 atom stereocenters. The van der Waals surface area contributed by atoms with Crippen molar-refractivity contribution in [1.82, 2.24) is 15.0 Å². The van der Waals surface area contributed by atoms with E-state index < -0.39 is 5.97 Å². The molecule has 3 aromatic rings. The second-order valence-electron chi connectivity index (χ2n) is 5.50. The van der Waals surface area contributed by atoms with Crippen molar-refractivity contribution in [2.45, 2.75) is 12.8 Å². The van der Waals surface area contributed by atoms with Gasteiger partial charge in [-0.3, -0.25) is 4.79 Å². The van der Waals surface area contributed by atoms with Gasteiger partial charge in [-0.2, -0.15) is 0 Å². The minimum absolute atomic E-state index is 0.0373. The van der Waals surface area contributed by atoms with E-state index in [0.717, 1.165) is 22.3 Å². The van der Waals surface area contributed by atoms with Crippen LogP contribution in [0.15, 0.2) is 54.9 Å². The molecular formula is C19H18N4O2. The molecule has 6 nitrogen and oxygen atoms in total. The number of carboxylic acids is 1. The van der Waals surface area contributed by atoms with Crippen molar-refractivity contribution in [2.24, 2.45) is 0 Å². The zero-order valence-electron chi connectivity index (χ0n) is 13.6. The number of rotatable bonds is 7. The molecule has 0 fully saturated rings. The highest BCUT2D eigenvalue weighted by Crippen LogP contribution is 2.15. The van der Waals surface area contributed by atoms with Gasteiger partial charge in [-0.05, 0) is 29.8 Å².